The van der Waals surface area contributed by atoms with Gasteiger partial charge in [-0.25, -0.2) is 0 Å². The van der Waals surface area contributed by atoms with Crippen LogP contribution in [0.3, 0.4) is 0 Å². The average molecular weight is 221 g/mol. The molecule has 2 N–H and O–H groups in total. The zero-order valence-electron chi connectivity index (χ0n) is 9.90. The number of aryl methyl sites for hydroxylation is 1. The minimum Gasteiger partial charge on any atom is -0.489 e. The number of nitrogens with two attached hydrogens (primary N) is 1. The molecule has 1 aromatic rings. The Kier molecular flexibility index (Phi) is 3.34. The van der Waals surface area contributed by atoms with Crippen molar-refractivity contribution in [1.29, 1.82) is 0 Å². The minimum absolute atomic E-state index is 0.218. The van der Waals surface area contributed by atoms with Gasteiger partial charge in [-0.15, -0.1) is 0 Å². The van der Waals surface area contributed by atoms with Crippen LogP contribution >= 0.6 is 0 Å². The van der Waals surface area contributed by atoms with Crippen molar-refractivity contribution in [2.75, 3.05) is 12.3 Å². The second-order valence-electron chi connectivity index (χ2n) is 4.50. The monoisotopic (exact) mass is 221 g/mol. The molecule has 16 heavy (non-hydrogen) atoms. The Morgan fingerprint density at radius 2 is 2.25 bits per heavy atom. The lowest BCUT2D eigenvalue weighted by Crippen LogP contribution is -2.18. The standard InChI is InChI=1S/C13H19NO2/c1-9-3-6-13(12(14)7-9)15-8-11-5-4-10(2)16-11/h3,6-7,10-11H,4-5,8,14H2,1-2H3. The van der Waals surface area contributed by atoms with Gasteiger partial charge in [-0.05, 0) is 44.4 Å². The second kappa shape index (κ2) is 4.74. The zero-order chi connectivity index (χ0) is 11.5. The van der Waals surface area contributed by atoms with Crippen molar-refractivity contribution in [3.8, 4) is 5.75 Å². The molecule has 1 aliphatic rings. The molecule has 2 unspecified atom stereocenters. The molecule has 3 nitrogen and oxygen atoms in total. The molecule has 0 bridgehead atoms. The van der Waals surface area contributed by atoms with Crippen molar-refractivity contribution < 1.29 is 9.47 Å². The van der Waals surface area contributed by atoms with Gasteiger partial charge < -0.3 is 15.2 Å². The summed E-state index contributed by atoms with van der Waals surface area (Å²) >= 11 is 0. The first-order valence-corrected chi connectivity index (χ1v) is 5.79. The summed E-state index contributed by atoms with van der Waals surface area (Å²) in [5.74, 6) is 0.758. The van der Waals surface area contributed by atoms with Crippen LogP contribution in [0.1, 0.15) is 25.3 Å². The van der Waals surface area contributed by atoms with Gasteiger partial charge in [0.25, 0.3) is 0 Å². The van der Waals surface area contributed by atoms with Gasteiger partial charge >= 0.3 is 0 Å². The number of hydrogen-bond acceptors (Lipinski definition) is 3. The van der Waals surface area contributed by atoms with Crippen LogP contribution in [-0.2, 0) is 4.74 Å². The Labute approximate surface area is 96.5 Å². The molecule has 3 heteroatoms. The van der Waals surface area contributed by atoms with Crippen LogP contribution in [-0.4, -0.2) is 18.8 Å². The molecule has 2 atom stereocenters. The SMILES string of the molecule is Cc1ccc(OCC2CCC(C)O2)c(N)c1. The molecule has 0 saturated carbocycles. The van der Waals surface area contributed by atoms with Gasteiger partial charge in [0.1, 0.15) is 12.4 Å². The minimum atomic E-state index is 0.218. The summed E-state index contributed by atoms with van der Waals surface area (Å²) in [4.78, 5) is 0. The molecular weight excluding hydrogens is 202 g/mol. The summed E-state index contributed by atoms with van der Waals surface area (Å²) < 4.78 is 11.4. The van der Waals surface area contributed by atoms with Crippen LogP contribution in [0, 0.1) is 6.92 Å². The fourth-order valence-corrected chi connectivity index (χ4v) is 1.99. The summed E-state index contributed by atoms with van der Waals surface area (Å²) in [5.41, 5.74) is 7.72. The fourth-order valence-electron chi connectivity index (χ4n) is 1.99. The van der Waals surface area contributed by atoms with E-state index in [4.69, 9.17) is 15.2 Å². The van der Waals surface area contributed by atoms with E-state index in [1.807, 2.05) is 25.1 Å². The topological polar surface area (TPSA) is 44.5 Å². The summed E-state index contributed by atoms with van der Waals surface area (Å²) in [5, 5.41) is 0. The van der Waals surface area contributed by atoms with E-state index < -0.39 is 0 Å². The third-order valence-electron chi connectivity index (χ3n) is 2.91. The van der Waals surface area contributed by atoms with Crippen molar-refractivity contribution in [3.63, 3.8) is 0 Å². The van der Waals surface area contributed by atoms with Crippen LogP contribution in [0.25, 0.3) is 0 Å². The van der Waals surface area contributed by atoms with Gasteiger partial charge in [-0.3, -0.25) is 0 Å². The fraction of sp³-hybridized carbons (Fsp3) is 0.538. The Balaban J connectivity index is 1.89. The molecule has 1 saturated heterocycles. The van der Waals surface area contributed by atoms with Gasteiger partial charge in [0.2, 0.25) is 0 Å². The van der Waals surface area contributed by atoms with E-state index in [0.29, 0.717) is 18.4 Å². The zero-order valence-corrected chi connectivity index (χ0v) is 9.90. The predicted molar refractivity (Wildman–Crippen MR) is 64.7 cm³/mol. The Morgan fingerprint density at radius 3 is 2.88 bits per heavy atom. The Bertz CT molecular complexity index is 365. The van der Waals surface area contributed by atoms with Gasteiger partial charge in [0.05, 0.1) is 17.9 Å². The van der Waals surface area contributed by atoms with Gasteiger partial charge in [-0.2, -0.15) is 0 Å². The van der Waals surface area contributed by atoms with Crippen LogP contribution in [0.5, 0.6) is 5.75 Å². The number of ether oxygens (including phenoxy) is 2. The molecule has 1 aromatic carbocycles. The summed E-state index contributed by atoms with van der Waals surface area (Å²) in [6.07, 6.45) is 2.78. The highest BCUT2D eigenvalue weighted by Crippen LogP contribution is 2.24. The van der Waals surface area contributed by atoms with Crippen molar-refractivity contribution >= 4 is 5.69 Å². The molecule has 0 aliphatic carbocycles. The van der Waals surface area contributed by atoms with Crippen LogP contribution in [0.15, 0.2) is 18.2 Å². The number of hydrogen-bond donors (Lipinski definition) is 1. The normalized spacial score (nSPS) is 24.6. The van der Waals surface area contributed by atoms with Crippen LogP contribution in [0.2, 0.25) is 0 Å². The molecule has 1 fully saturated rings. The van der Waals surface area contributed by atoms with Crippen molar-refractivity contribution in [2.24, 2.45) is 0 Å². The van der Waals surface area contributed by atoms with Gasteiger partial charge in [-0.1, -0.05) is 6.07 Å². The smallest absolute Gasteiger partial charge is 0.142 e. The van der Waals surface area contributed by atoms with Crippen molar-refractivity contribution in [2.45, 2.75) is 38.9 Å². The maximum absolute atomic E-state index is 5.87. The first-order chi connectivity index (χ1) is 7.65. The van der Waals surface area contributed by atoms with E-state index in [1.165, 1.54) is 0 Å². The molecular formula is C13H19NO2. The number of anilines is 1. The van der Waals surface area contributed by atoms with E-state index in [9.17, 15) is 0 Å². The molecule has 0 spiro atoms. The highest BCUT2D eigenvalue weighted by molar-refractivity contribution is 5.53. The third kappa shape index (κ3) is 2.67. The lowest BCUT2D eigenvalue weighted by atomic mass is 10.2. The second-order valence-corrected chi connectivity index (χ2v) is 4.50. The molecule has 0 radical (unpaired) electrons. The molecule has 88 valence electrons. The molecule has 2 rings (SSSR count). The molecule has 0 amide bonds. The van der Waals surface area contributed by atoms with E-state index >= 15 is 0 Å². The van der Waals surface area contributed by atoms with E-state index in [-0.39, 0.29) is 6.10 Å². The van der Waals surface area contributed by atoms with Gasteiger partial charge in [0.15, 0.2) is 0 Å². The maximum atomic E-state index is 5.87. The average Bonchev–Trinajstić information content (AvgIpc) is 2.63. The maximum Gasteiger partial charge on any atom is 0.142 e. The third-order valence-corrected chi connectivity index (χ3v) is 2.91. The lowest BCUT2D eigenvalue weighted by molar-refractivity contribution is 0.0266. The van der Waals surface area contributed by atoms with Crippen molar-refractivity contribution in [1.82, 2.24) is 0 Å². The van der Waals surface area contributed by atoms with Crippen LogP contribution < -0.4 is 10.5 Å². The first kappa shape index (κ1) is 11.3. The number of rotatable bonds is 3. The van der Waals surface area contributed by atoms with E-state index in [1.54, 1.807) is 0 Å². The van der Waals surface area contributed by atoms with Gasteiger partial charge in [0, 0.05) is 0 Å². The van der Waals surface area contributed by atoms with Crippen LogP contribution in [0.4, 0.5) is 5.69 Å². The highest BCUT2D eigenvalue weighted by Gasteiger charge is 2.22. The Morgan fingerprint density at radius 1 is 1.44 bits per heavy atom. The van der Waals surface area contributed by atoms with E-state index in [2.05, 4.69) is 6.92 Å². The van der Waals surface area contributed by atoms with Crippen molar-refractivity contribution in [3.05, 3.63) is 23.8 Å². The highest BCUT2D eigenvalue weighted by atomic mass is 16.5. The molecule has 1 aliphatic heterocycles. The van der Waals surface area contributed by atoms with E-state index in [0.717, 1.165) is 24.2 Å². The molecule has 1 heterocycles. The number of benzene rings is 1. The summed E-state index contributed by atoms with van der Waals surface area (Å²) in [6.45, 7) is 4.71. The quantitative estimate of drug-likeness (QED) is 0.798. The number of nitrogen functional groups attached to an aromatic ring is 1. The molecule has 0 aromatic heterocycles. The first-order valence-electron chi connectivity index (χ1n) is 5.79. The Hall–Kier alpha value is -1.22. The summed E-state index contributed by atoms with van der Waals surface area (Å²) in [7, 11) is 0. The lowest BCUT2D eigenvalue weighted by Gasteiger charge is -2.14. The largest absolute Gasteiger partial charge is 0.489 e. The summed E-state index contributed by atoms with van der Waals surface area (Å²) in [6, 6.07) is 5.85. The predicted octanol–water partition coefficient (Wildman–Crippen LogP) is 2.52.